The fraction of sp³-hybridized carbons (Fsp3) is 0.407. The number of piperazine rings is 1. The largest absolute Gasteiger partial charge is 0.389 e. The number of para-hydroxylation sites is 1. The third-order valence-electron chi connectivity index (χ3n) is 7.35. The molecule has 3 amide bonds. The summed E-state index contributed by atoms with van der Waals surface area (Å²) in [6.07, 6.45) is -0.124. The lowest BCUT2D eigenvalue weighted by Crippen LogP contribution is -2.68. The molecule has 2 aromatic carbocycles. The minimum absolute atomic E-state index is 0.0270. The van der Waals surface area contributed by atoms with Gasteiger partial charge in [-0.3, -0.25) is 19.7 Å². The molecule has 3 aliphatic heterocycles. The highest BCUT2D eigenvalue weighted by molar-refractivity contribution is 6.44. The van der Waals surface area contributed by atoms with Gasteiger partial charge in [0.15, 0.2) is 0 Å². The van der Waals surface area contributed by atoms with Gasteiger partial charge in [-0.2, -0.15) is 10.1 Å². The number of hydrazone groups is 1. The second-order valence-electron chi connectivity index (χ2n) is 9.99. The Morgan fingerprint density at radius 3 is 2.61 bits per heavy atom. The zero-order chi connectivity index (χ0) is 27.0. The van der Waals surface area contributed by atoms with Gasteiger partial charge in [-0.05, 0) is 56.0 Å². The molecule has 0 saturated carbocycles. The van der Waals surface area contributed by atoms with Crippen LogP contribution in [0.5, 0.6) is 0 Å². The number of nitrogens with one attached hydrogen (secondary N) is 2. The average Bonchev–Trinajstić information content (AvgIpc) is 3.53. The van der Waals surface area contributed by atoms with Crippen LogP contribution in [0.3, 0.4) is 0 Å². The summed E-state index contributed by atoms with van der Waals surface area (Å²) in [6.45, 7) is 2.51. The van der Waals surface area contributed by atoms with Crippen LogP contribution in [0.15, 0.2) is 53.6 Å². The van der Waals surface area contributed by atoms with Crippen molar-refractivity contribution in [2.75, 3.05) is 11.6 Å². The second-order valence-corrected chi connectivity index (χ2v) is 9.99. The number of aliphatic hydroxyl groups excluding tert-OH is 1. The first kappa shape index (κ1) is 25.9. The monoisotopic (exact) mass is 525 g/mol. The van der Waals surface area contributed by atoms with Gasteiger partial charge in [0.25, 0.3) is 11.8 Å². The van der Waals surface area contributed by atoms with E-state index in [0.29, 0.717) is 12.2 Å². The van der Waals surface area contributed by atoms with Crippen molar-refractivity contribution in [3.8, 4) is 0 Å². The average molecular weight is 526 g/mol. The molecule has 200 valence electrons. The van der Waals surface area contributed by atoms with Crippen LogP contribution < -0.4 is 15.6 Å². The number of carbonyl (C=O) groups is 3. The smallest absolute Gasteiger partial charge is 0.268 e. The van der Waals surface area contributed by atoms with Gasteiger partial charge in [-0.1, -0.05) is 18.2 Å². The van der Waals surface area contributed by atoms with E-state index >= 15 is 0 Å². The fourth-order valence-corrected chi connectivity index (χ4v) is 5.53. The molecule has 0 spiro atoms. The normalized spacial score (nSPS) is 24.7. The quantitative estimate of drug-likeness (QED) is 0.507. The summed E-state index contributed by atoms with van der Waals surface area (Å²) in [7, 11) is 0. The third-order valence-corrected chi connectivity index (χ3v) is 7.35. The summed E-state index contributed by atoms with van der Waals surface area (Å²) in [5.74, 6) is -3.00. The fourth-order valence-electron chi connectivity index (χ4n) is 5.53. The Bertz CT molecular complexity index is 1250. The number of aliphatic hydroxyl groups is 1. The molecule has 2 fully saturated rings. The number of fused-ring (bicyclic) bond motifs is 1. The first-order valence-corrected chi connectivity index (χ1v) is 12.7. The number of amides is 3. The van der Waals surface area contributed by atoms with Crippen LogP contribution in [0.25, 0.3) is 0 Å². The van der Waals surface area contributed by atoms with Crippen molar-refractivity contribution in [3.63, 3.8) is 0 Å². The number of hydrogen-bond acceptors (Lipinski definition) is 6. The van der Waals surface area contributed by atoms with Gasteiger partial charge in [0.2, 0.25) is 5.91 Å². The van der Waals surface area contributed by atoms with Gasteiger partial charge in [0, 0.05) is 24.7 Å². The summed E-state index contributed by atoms with van der Waals surface area (Å²) in [5.41, 5.74) is 0.619. The Morgan fingerprint density at radius 1 is 1.18 bits per heavy atom. The molecule has 9 nitrogen and oxygen atoms in total. The molecular formula is C27H29F2N5O4. The van der Waals surface area contributed by atoms with Crippen LogP contribution in [-0.4, -0.2) is 70.3 Å². The number of carbonyl (C=O) groups excluding carboxylic acids is 3. The molecule has 3 aliphatic rings. The van der Waals surface area contributed by atoms with Gasteiger partial charge < -0.3 is 15.3 Å². The van der Waals surface area contributed by atoms with E-state index in [2.05, 4.69) is 15.7 Å². The van der Waals surface area contributed by atoms with E-state index in [1.165, 1.54) is 0 Å². The molecule has 38 heavy (non-hydrogen) atoms. The topological polar surface area (TPSA) is 114 Å². The summed E-state index contributed by atoms with van der Waals surface area (Å²) < 4.78 is 27.8. The van der Waals surface area contributed by atoms with Crippen LogP contribution in [-0.2, 0) is 20.8 Å². The van der Waals surface area contributed by atoms with Crippen molar-refractivity contribution in [2.45, 2.75) is 62.9 Å². The number of anilines is 1. The van der Waals surface area contributed by atoms with Crippen molar-refractivity contribution in [1.29, 1.82) is 0 Å². The molecule has 11 heteroatoms. The number of nitrogens with zero attached hydrogens (tertiary/aromatic N) is 3. The Hall–Kier alpha value is -3.70. The lowest BCUT2D eigenvalue weighted by Gasteiger charge is -2.43. The van der Waals surface area contributed by atoms with E-state index in [9.17, 15) is 28.3 Å². The van der Waals surface area contributed by atoms with Crippen LogP contribution in [0.1, 0.15) is 31.7 Å². The highest BCUT2D eigenvalue weighted by atomic mass is 19.1. The Kier molecular flexibility index (Phi) is 7.22. The highest BCUT2D eigenvalue weighted by Gasteiger charge is 2.46. The first-order valence-electron chi connectivity index (χ1n) is 12.7. The van der Waals surface area contributed by atoms with Crippen molar-refractivity contribution in [3.05, 3.63) is 65.7 Å². The van der Waals surface area contributed by atoms with Gasteiger partial charge in [-0.25, -0.2) is 8.78 Å². The minimum atomic E-state index is -1.43. The minimum Gasteiger partial charge on any atom is -0.389 e. The molecule has 3 heterocycles. The maximum absolute atomic E-state index is 13.9. The van der Waals surface area contributed by atoms with E-state index in [4.69, 9.17) is 0 Å². The molecule has 1 unspecified atom stereocenters. The molecule has 0 bridgehead atoms. The third kappa shape index (κ3) is 5.16. The maximum Gasteiger partial charge on any atom is 0.268 e. The van der Waals surface area contributed by atoms with Gasteiger partial charge in [0.1, 0.15) is 23.4 Å². The molecular weight excluding hydrogens is 496 g/mol. The number of benzene rings is 2. The van der Waals surface area contributed by atoms with Gasteiger partial charge >= 0.3 is 0 Å². The lowest BCUT2D eigenvalue weighted by atomic mass is 9.91. The van der Waals surface area contributed by atoms with E-state index in [1.807, 2.05) is 6.92 Å². The van der Waals surface area contributed by atoms with Crippen molar-refractivity contribution < 1.29 is 28.3 Å². The molecule has 5 atom stereocenters. The number of hydrogen-bond donors (Lipinski definition) is 3. The highest BCUT2D eigenvalue weighted by Crippen LogP contribution is 2.27. The van der Waals surface area contributed by atoms with E-state index in [1.54, 1.807) is 35.2 Å². The van der Waals surface area contributed by atoms with Crippen LogP contribution in [0.2, 0.25) is 0 Å². The van der Waals surface area contributed by atoms with Crippen molar-refractivity contribution >= 4 is 29.1 Å². The number of halogens is 2. The predicted molar refractivity (Wildman–Crippen MR) is 135 cm³/mol. The van der Waals surface area contributed by atoms with E-state index in [0.717, 1.165) is 36.0 Å². The summed E-state index contributed by atoms with van der Waals surface area (Å²) in [6, 6.07) is 9.36. The predicted octanol–water partition coefficient (Wildman–Crippen LogP) is 1.50. The van der Waals surface area contributed by atoms with Crippen molar-refractivity contribution in [2.24, 2.45) is 5.10 Å². The Balaban J connectivity index is 1.39. The molecule has 0 radical (unpaired) electrons. The van der Waals surface area contributed by atoms with Crippen LogP contribution >= 0.6 is 0 Å². The zero-order valence-electron chi connectivity index (χ0n) is 20.8. The van der Waals surface area contributed by atoms with E-state index < -0.39 is 41.6 Å². The van der Waals surface area contributed by atoms with Crippen LogP contribution in [0.4, 0.5) is 14.5 Å². The van der Waals surface area contributed by atoms with Crippen LogP contribution in [0, 0.1) is 11.6 Å². The van der Waals surface area contributed by atoms with Gasteiger partial charge in [-0.15, -0.1) is 0 Å². The lowest BCUT2D eigenvalue weighted by molar-refractivity contribution is -0.143. The molecule has 3 N–H and O–H groups in total. The molecule has 0 aromatic heterocycles. The molecule has 2 saturated heterocycles. The molecule has 0 aliphatic carbocycles. The second kappa shape index (κ2) is 10.6. The van der Waals surface area contributed by atoms with E-state index in [-0.39, 0.29) is 42.1 Å². The van der Waals surface area contributed by atoms with Gasteiger partial charge in [0.05, 0.1) is 24.3 Å². The zero-order valence-corrected chi connectivity index (χ0v) is 20.8. The summed E-state index contributed by atoms with van der Waals surface area (Å²) in [5, 5.41) is 22.5. The number of rotatable bonds is 7. The standard InChI is InChI=1S/C27H29F2N5O4/c1-15-22-8-5-9-33(22)27(38)24(30-15)25(36)20(12-16-10-17(28)13-18(29)11-16)31-26(37)21-14-23(35)34(32-21)19-6-3-2-4-7-19/h2-4,6-7,10-11,13,15,20,22,24-25,30,36H,5,8-9,12,14H2,1H3,(H,31,37)/t15?,20-,22-,24-,25-/m0/s1. The molecule has 5 rings (SSSR count). The first-order chi connectivity index (χ1) is 18.2. The Labute approximate surface area is 218 Å². The summed E-state index contributed by atoms with van der Waals surface area (Å²) >= 11 is 0. The summed E-state index contributed by atoms with van der Waals surface area (Å²) in [4.78, 5) is 40.8. The maximum atomic E-state index is 13.9. The Morgan fingerprint density at radius 2 is 1.89 bits per heavy atom. The SMILES string of the molecule is CC1N[C@@H]([C@@H](O)[C@H](Cc2cc(F)cc(F)c2)NC(=O)C2=NN(c3ccccc3)C(=O)C2)C(=O)N2CCC[C@@H]12. The van der Waals surface area contributed by atoms with Crippen molar-refractivity contribution in [1.82, 2.24) is 15.5 Å². The molecule has 2 aromatic rings.